The molecule has 0 bridgehead atoms. The van der Waals surface area contributed by atoms with Crippen molar-refractivity contribution < 1.29 is 4.74 Å². The van der Waals surface area contributed by atoms with Crippen molar-refractivity contribution in [3.63, 3.8) is 0 Å². The fraction of sp³-hybridized carbons (Fsp3) is 0.846. The van der Waals surface area contributed by atoms with Crippen molar-refractivity contribution in [1.82, 2.24) is 0 Å². The van der Waals surface area contributed by atoms with Crippen LogP contribution in [0.4, 0.5) is 0 Å². The summed E-state index contributed by atoms with van der Waals surface area (Å²) in [7, 11) is 0. The lowest BCUT2D eigenvalue weighted by Gasteiger charge is -2.29. The van der Waals surface area contributed by atoms with Crippen LogP contribution in [0.2, 0.25) is 0 Å². The molecule has 0 aliphatic heterocycles. The van der Waals surface area contributed by atoms with Gasteiger partial charge in [0.2, 0.25) is 0 Å². The Morgan fingerprint density at radius 1 is 1.29 bits per heavy atom. The number of hydrogen-bond acceptors (Lipinski definition) is 1. The van der Waals surface area contributed by atoms with Gasteiger partial charge in [-0.25, -0.2) is 0 Å². The lowest BCUT2D eigenvalue weighted by molar-refractivity contribution is 0.0587. The zero-order valence-corrected chi connectivity index (χ0v) is 9.67. The van der Waals surface area contributed by atoms with Crippen molar-refractivity contribution in [3.8, 4) is 0 Å². The van der Waals surface area contributed by atoms with E-state index >= 15 is 0 Å². The summed E-state index contributed by atoms with van der Waals surface area (Å²) in [6.45, 7) is 4.26. The van der Waals surface area contributed by atoms with Crippen LogP contribution < -0.4 is 0 Å². The highest BCUT2D eigenvalue weighted by molar-refractivity contribution is 4.77. The molecular formula is C13H24O. The van der Waals surface area contributed by atoms with Crippen molar-refractivity contribution >= 4 is 0 Å². The van der Waals surface area contributed by atoms with Crippen LogP contribution in [-0.2, 0) is 4.74 Å². The highest BCUT2D eigenvalue weighted by atomic mass is 16.5. The first-order valence-corrected chi connectivity index (χ1v) is 6.15. The molecule has 14 heavy (non-hydrogen) atoms. The molecule has 1 aliphatic rings. The van der Waals surface area contributed by atoms with Crippen LogP contribution in [0.15, 0.2) is 12.3 Å². The highest BCUT2D eigenvalue weighted by Crippen LogP contribution is 2.30. The summed E-state index contributed by atoms with van der Waals surface area (Å²) in [6, 6.07) is 0. The molecule has 1 nitrogen and oxygen atoms in total. The molecule has 82 valence electrons. The molecule has 0 aromatic carbocycles. The Hall–Kier alpha value is -0.460. The Labute approximate surface area is 88.5 Å². The van der Waals surface area contributed by atoms with Crippen LogP contribution in [0.25, 0.3) is 0 Å². The van der Waals surface area contributed by atoms with Gasteiger partial charge < -0.3 is 4.74 Å². The summed E-state index contributed by atoms with van der Waals surface area (Å²) in [5.41, 5.74) is 0. The summed E-state index contributed by atoms with van der Waals surface area (Å²) in [6.07, 6.45) is 13.8. The standard InChI is InChI=1S/C13H24O/c1-3-8-13(14-11-4-2)12-9-6-5-7-10-12/h4,11-13H,3,5-10H2,1-2H3. The number of rotatable bonds is 5. The summed E-state index contributed by atoms with van der Waals surface area (Å²) >= 11 is 0. The largest absolute Gasteiger partial charge is 0.498 e. The summed E-state index contributed by atoms with van der Waals surface area (Å²) < 4.78 is 5.79. The van der Waals surface area contributed by atoms with Gasteiger partial charge in [-0.15, -0.1) is 0 Å². The molecule has 1 atom stereocenters. The molecule has 1 fully saturated rings. The normalized spacial score (nSPS) is 21.3. The molecule has 1 rings (SSSR count). The molecule has 0 spiro atoms. The highest BCUT2D eigenvalue weighted by Gasteiger charge is 2.23. The fourth-order valence-electron chi connectivity index (χ4n) is 2.38. The first-order chi connectivity index (χ1) is 6.88. The number of allylic oxidation sites excluding steroid dienone is 1. The molecule has 1 heteroatoms. The van der Waals surface area contributed by atoms with Crippen molar-refractivity contribution in [3.05, 3.63) is 12.3 Å². The Balaban J connectivity index is 2.38. The molecule has 1 unspecified atom stereocenters. The molecule has 1 aliphatic carbocycles. The van der Waals surface area contributed by atoms with E-state index in [0.29, 0.717) is 6.10 Å². The summed E-state index contributed by atoms with van der Waals surface area (Å²) in [4.78, 5) is 0. The Morgan fingerprint density at radius 2 is 2.00 bits per heavy atom. The molecule has 0 amide bonds. The van der Waals surface area contributed by atoms with Crippen molar-refractivity contribution in [1.29, 1.82) is 0 Å². The number of hydrogen-bond donors (Lipinski definition) is 0. The molecule has 0 N–H and O–H groups in total. The number of ether oxygens (including phenoxy) is 1. The summed E-state index contributed by atoms with van der Waals surface area (Å²) in [5, 5.41) is 0. The minimum absolute atomic E-state index is 0.483. The van der Waals surface area contributed by atoms with Crippen LogP contribution in [0, 0.1) is 5.92 Å². The average molecular weight is 196 g/mol. The predicted molar refractivity (Wildman–Crippen MR) is 61.2 cm³/mol. The van der Waals surface area contributed by atoms with Gasteiger partial charge in [0.1, 0.15) is 6.10 Å². The van der Waals surface area contributed by atoms with E-state index in [2.05, 4.69) is 6.92 Å². The van der Waals surface area contributed by atoms with Gasteiger partial charge in [0.25, 0.3) is 0 Å². The second-order valence-electron chi connectivity index (χ2n) is 4.33. The van der Waals surface area contributed by atoms with E-state index < -0.39 is 0 Å². The monoisotopic (exact) mass is 196 g/mol. The smallest absolute Gasteiger partial charge is 0.101 e. The summed E-state index contributed by atoms with van der Waals surface area (Å²) in [5.74, 6) is 0.819. The third-order valence-corrected chi connectivity index (χ3v) is 3.14. The minimum Gasteiger partial charge on any atom is -0.498 e. The molecule has 1 saturated carbocycles. The molecular weight excluding hydrogens is 172 g/mol. The molecule has 0 aromatic heterocycles. The minimum atomic E-state index is 0.483. The van der Waals surface area contributed by atoms with Crippen LogP contribution in [0.1, 0.15) is 58.8 Å². The van der Waals surface area contributed by atoms with Crippen LogP contribution in [0.5, 0.6) is 0 Å². The van der Waals surface area contributed by atoms with Crippen LogP contribution in [-0.4, -0.2) is 6.10 Å². The van der Waals surface area contributed by atoms with Gasteiger partial charge >= 0.3 is 0 Å². The van der Waals surface area contributed by atoms with E-state index in [9.17, 15) is 0 Å². The van der Waals surface area contributed by atoms with Gasteiger partial charge in [-0.3, -0.25) is 0 Å². The van der Waals surface area contributed by atoms with E-state index in [-0.39, 0.29) is 0 Å². The van der Waals surface area contributed by atoms with E-state index in [0.717, 1.165) is 5.92 Å². The van der Waals surface area contributed by atoms with Crippen LogP contribution >= 0.6 is 0 Å². The van der Waals surface area contributed by atoms with Crippen molar-refractivity contribution in [2.24, 2.45) is 5.92 Å². The van der Waals surface area contributed by atoms with E-state index in [4.69, 9.17) is 4.74 Å². The van der Waals surface area contributed by atoms with E-state index in [1.54, 1.807) is 0 Å². The Bertz CT molecular complexity index is 157. The maximum Gasteiger partial charge on any atom is 0.101 e. The SMILES string of the molecule is CC=COC(CCC)C1CCCCC1. The Morgan fingerprint density at radius 3 is 2.57 bits per heavy atom. The lowest BCUT2D eigenvalue weighted by Crippen LogP contribution is -2.24. The average Bonchev–Trinajstić information content (AvgIpc) is 2.25. The van der Waals surface area contributed by atoms with E-state index in [1.165, 1.54) is 44.9 Å². The second-order valence-corrected chi connectivity index (χ2v) is 4.33. The molecule has 0 aromatic rings. The first-order valence-electron chi connectivity index (χ1n) is 6.15. The van der Waals surface area contributed by atoms with Crippen molar-refractivity contribution in [2.75, 3.05) is 0 Å². The zero-order chi connectivity index (χ0) is 10.2. The van der Waals surface area contributed by atoms with E-state index in [1.807, 2.05) is 19.3 Å². The maximum atomic E-state index is 5.79. The second kappa shape index (κ2) is 6.92. The lowest BCUT2D eigenvalue weighted by atomic mass is 9.84. The zero-order valence-electron chi connectivity index (χ0n) is 9.67. The van der Waals surface area contributed by atoms with Gasteiger partial charge in [0.15, 0.2) is 0 Å². The molecule has 0 radical (unpaired) electrons. The third-order valence-electron chi connectivity index (χ3n) is 3.14. The first kappa shape index (κ1) is 11.6. The van der Waals surface area contributed by atoms with Gasteiger partial charge in [0.05, 0.1) is 6.26 Å². The van der Waals surface area contributed by atoms with Gasteiger partial charge in [-0.2, -0.15) is 0 Å². The topological polar surface area (TPSA) is 9.23 Å². The quantitative estimate of drug-likeness (QED) is 0.596. The van der Waals surface area contributed by atoms with Crippen LogP contribution in [0.3, 0.4) is 0 Å². The fourth-order valence-corrected chi connectivity index (χ4v) is 2.38. The van der Waals surface area contributed by atoms with Gasteiger partial charge in [-0.05, 0) is 32.1 Å². The van der Waals surface area contributed by atoms with Gasteiger partial charge in [0, 0.05) is 0 Å². The third kappa shape index (κ3) is 3.73. The molecule has 0 heterocycles. The maximum absolute atomic E-state index is 5.79. The Kier molecular flexibility index (Phi) is 5.74. The van der Waals surface area contributed by atoms with Gasteiger partial charge in [-0.1, -0.05) is 38.7 Å². The van der Waals surface area contributed by atoms with Crippen molar-refractivity contribution in [2.45, 2.75) is 64.9 Å². The molecule has 0 saturated heterocycles. The predicted octanol–water partition coefficient (Wildman–Crippen LogP) is 4.29.